The zero-order valence-electron chi connectivity index (χ0n) is 14.1. The Labute approximate surface area is 134 Å². The lowest BCUT2D eigenvalue weighted by Crippen LogP contribution is -2.41. The molecule has 1 N–H and O–H groups in total. The van der Waals surface area contributed by atoms with Gasteiger partial charge in [0.05, 0.1) is 32.5 Å². The third-order valence-electron chi connectivity index (χ3n) is 4.08. The minimum Gasteiger partial charge on any atom is -0.381 e. The van der Waals surface area contributed by atoms with Crippen molar-refractivity contribution in [2.45, 2.75) is 32.3 Å². The van der Waals surface area contributed by atoms with E-state index < -0.39 is 0 Å². The van der Waals surface area contributed by atoms with Gasteiger partial charge in [0.1, 0.15) is 0 Å². The lowest BCUT2D eigenvalue weighted by Gasteiger charge is -2.24. The molecular weight excluding hydrogens is 282 g/mol. The summed E-state index contributed by atoms with van der Waals surface area (Å²) >= 11 is 0. The van der Waals surface area contributed by atoms with Crippen LogP contribution in [0.15, 0.2) is 4.99 Å². The van der Waals surface area contributed by atoms with Crippen LogP contribution in [0.25, 0.3) is 0 Å². The first kappa shape index (κ1) is 17.5. The van der Waals surface area contributed by atoms with Crippen LogP contribution in [0.3, 0.4) is 0 Å². The van der Waals surface area contributed by atoms with Crippen LogP contribution in [0.2, 0.25) is 0 Å². The Balaban J connectivity index is 1.66. The summed E-state index contributed by atoms with van der Waals surface area (Å²) in [5, 5.41) is 3.34. The van der Waals surface area contributed by atoms with E-state index in [1.54, 1.807) is 0 Å². The molecular formula is C16H31N3O3. The van der Waals surface area contributed by atoms with Crippen LogP contribution < -0.4 is 5.32 Å². The number of hydrogen-bond donors (Lipinski definition) is 1. The van der Waals surface area contributed by atoms with Gasteiger partial charge in [-0.15, -0.1) is 0 Å². The van der Waals surface area contributed by atoms with Crippen molar-refractivity contribution in [3.63, 3.8) is 0 Å². The van der Waals surface area contributed by atoms with E-state index in [-0.39, 0.29) is 0 Å². The van der Waals surface area contributed by atoms with Crippen LogP contribution in [0.4, 0.5) is 0 Å². The maximum atomic E-state index is 5.66. The zero-order valence-corrected chi connectivity index (χ0v) is 14.1. The average molecular weight is 313 g/mol. The molecule has 2 aliphatic heterocycles. The van der Waals surface area contributed by atoms with Gasteiger partial charge in [-0.1, -0.05) is 0 Å². The van der Waals surface area contributed by atoms with Gasteiger partial charge in [-0.2, -0.15) is 0 Å². The van der Waals surface area contributed by atoms with Crippen LogP contribution in [0, 0.1) is 5.92 Å². The molecule has 2 atom stereocenters. The van der Waals surface area contributed by atoms with Gasteiger partial charge in [-0.25, -0.2) is 0 Å². The van der Waals surface area contributed by atoms with Crippen LogP contribution in [0.1, 0.15) is 26.2 Å². The summed E-state index contributed by atoms with van der Waals surface area (Å²) in [5.74, 6) is 1.57. The Morgan fingerprint density at radius 3 is 2.95 bits per heavy atom. The quantitative estimate of drug-likeness (QED) is 0.413. The number of nitrogens with zero attached hydrogens (tertiary/aromatic N) is 2. The van der Waals surface area contributed by atoms with E-state index in [4.69, 9.17) is 14.2 Å². The number of hydrogen-bond acceptors (Lipinski definition) is 4. The molecule has 0 aromatic heterocycles. The Bertz CT molecular complexity index is 327. The second-order valence-electron chi connectivity index (χ2n) is 6.06. The third kappa shape index (κ3) is 6.10. The van der Waals surface area contributed by atoms with Crippen molar-refractivity contribution in [2.24, 2.45) is 10.9 Å². The summed E-state index contributed by atoms with van der Waals surface area (Å²) in [6, 6.07) is 0. The number of aliphatic imine (C=N–C) groups is 1. The molecule has 0 bridgehead atoms. The molecule has 0 aliphatic carbocycles. The van der Waals surface area contributed by atoms with Gasteiger partial charge in [-0.3, -0.25) is 4.99 Å². The zero-order chi connectivity index (χ0) is 15.6. The Hall–Kier alpha value is -0.850. The molecule has 2 heterocycles. The highest BCUT2D eigenvalue weighted by Crippen LogP contribution is 2.13. The molecule has 2 rings (SSSR count). The minimum absolute atomic E-state index is 0.294. The van der Waals surface area contributed by atoms with E-state index >= 15 is 0 Å². The lowest BCUT2D eigenvalue weighted by molar-refractivity contribution is 0.0199. The molecule has 0 aromatic carbocycles. The van der Waals surface area contributed by atoms with Crippen molar-refractivity contribution < 1.29 is 14.2 Å². The van der Waals surface area contributed by atoms with E-state index in [1.807, 2.05) is 0 Å². The van der Waals surface area contributed by atoms with Gasteiger partial charge in [-0.05, 0) is 26.2 Å². The van der Waals surface area contributed by atoms with Crippen molar-refractivity contribution >= 4 is 5.96 Å². The standard InChI is InChI=1S/C16H31N3O3/c1-3-17-16(19(2)11-14-6-9-20-12-14)18-7-10-21-13-15-5-4-8-22-15/h14-15H,3-13H2,1-2H3,(H,17,18). The average Bonchev–Trinajstić information content (AvgIpc) is 3.19. The summed E-state index contributed by atoms with van der Waals surface area (Å²) < 4.78 is 16.6. The summed E-state index contributed by atoms with van der Waals surface area (Å²) in [6.45, 7) is 8.63. The van der Waals surface area contributed by atoms with Gasteiger partial charge in [0.25, 0.3) is 0 Å². The third-order valence-corrected chi connectivity index (χ3v) is 4.08. The van der Waals surface area contributed by atoms with Crippen molar-refractivity contribution in [2.75, 3.05) is 59.7 Å². The summed E-state index contributed by atoms with van der Waals surface area (Å²) in [7, 11) is 2.09. The molecule has 2 saturated heterocycles. The lowest BCUT2D eigenvalue weighted by atomic mass is 10.1. The topological polar surface area (TPSA) is 55.3 Å². The van der Waals surface area contributed by atoms with Gasteiger partial charge in [0, 0.05) is 39.3 Å². The van der Waals surface area contributed by atoms with Crippen molar-refractivity contribution in [1.29, 1.82) is 0 Å². The Morgan fingerprint density at radius 1 is 1.36 bits per heavy atom. The van der Waals surface area contributed by atoms with Gasteiger partial charge < -0.3 is 24.4 Å². The SMILES string of the molecule is CCNC(=NCCOCC1CCCO1)N(C)CC1CCOC1. The van der Waals surface area contributed by atoms with E-state index in [1.165, 1.54) is 0 Å². The van der Waals surface area contributed by atoms with E-state index in [9.17, 15) is 0 Å². The predicted octanol–water partition coefficient (Wildman–Crippen LogP) is 1.12. The maximum Gasteiger partial charge on any atom is 0.193 e. The highest BCUT2D eigenvalue weighted by molar-refractivity contribution is 5.79. The molecule has 0 spiro atoms. The molecule has 2 aliphatic rings. The first-order valence-corrected chi connectivity index (χ1v) is 8.56. The fraction of sp³-hybridized carbons (Fsp3) is 0.938. The predicted molar refractivity (Wildman–Crippen MR) is 87.3 cm³/mol. The number of nitrogens with one attached hydrogen (secondary N) is 1. The molecule has 22 heavy (non-hydrogen) atoms. The highest BCUT2D eigenvalue weighted by Gasteiger charge is 2.19. The maximum absolute atomic E-state index is 5.66. The van der Waals surface area contributed by atoms with Gasteiger partial charge in [0.2, 0.25) is 0 Å². The molecule has 0 radical (unpaired) electrons. The van der Waals surface area contributed by atoms with Crippen LogP contribution in [-0.2, 0) is 14.2 Å². The van der Waals surface area contributed by atoms with Gasteiger partial charge in [0.15, 0.2) is 5.96 Å². The Kier molecular flexibility index (Phi) is 7.98. The highest BCUT2D eigenvalue weighted by atomic mass is 16.5. The Morgan fingerprint density at radius 2 is 2.27 bits per heavy atom. The van der Waals surface area contributed by atoms with Crippen molar-refractivity contribution in [3.05, 3.63) is 0 Å². The van der Waals surface area contributed by atoms with E-state index in [2.05, 4.69) is 29.2 Å². The molecule has 0 saturated carbocycles. The first-order chi connectivity index (χ1) is 10.8. The summed E-state index contributed by atoms with van der Waals surface area (Å²) in [6.07, 6.45) is 3.72. The second kappa shape index (κ2) is 10.0. The van der Waals surface area contributed by atoms with Crippen LogP contribution >= 0.6 is 0 Å². The fourth-order valence-electron chi connectivity index (χ4n) is 2.88. The summed E-state index contributed by atoms with van der Waals surface area (Å²) in [4.78, 5) is 6.84. The van der Waals surface area contributed by atoms with E-state index in [0.29, 0.717) is 31.8 Å². The first-order valence-electron chi connectivity index (χ1n) is 8.56. The number of ether oxygens (including phenoxy) is 3. The summed E-state index contributed by atoms with van der Waals surface area (Å²) in [5.41, 5.74) is 0. The van der Waals surface area contributed by atoms with Crippen molar-refractivity contribution in [3.8, 4) is 0 Å². The smallest absolute Gasteiger partial charge is 0.193 e. The molecule has 2 unspecified atom stereocenters. The molecule has 128 valence electrons. The van der Waals surface area contributed by atoms with Crippen LogP contribution in [0.5, 0.6) is 0 Å². The molecule has 2 fully saturated rings. The number of rotatable bonds is 8. The van der Waals surface area contributed by atoms with Gasteiger partial charge >= 0.3 is 0 Å². The normalized spacial score (nSPS) is 25.6. The van der Waals surface area contributed by atoms with Crippen molar-refractivity contribution in [1.82, 2.24) is 10.2 Å². The molecule has 0 amide bonds. The number of guanidine groups is 1. The van der Waals surface area contributed by atoms with E-state index in [0.717, 1.165) is 58.1 Å². The minimum atomic E-state index is 0.294. The fourth-order valence-corrected chi connectivity index (χ4v) is 2.88. The molecule has 6 heteroatoms. The monoisotopic (exact) mass is 313 g/mol. The molecule has 6 nitrogen and oxygen atoms in total. The second-order valence-corrected chi connectivity index (χ2v) is 6.06. The molecule has 0 aromatic rings. The largest absolute Gasteiger partial charge is 0.381 e. The van der Waals surface area contributed by atoms with Crippen LogP contribution in [-0.4, -0.2) is 76.7 Å².